The molecule has 0 unspecified atom stereocenters. The van der Waals surface area contributed by atoms with Crippen LogP contribution in [0.1, 0.15) is 19.7 Å². The molecule has 27 heavy (non-hydrogen) atoms. The molecule has 3 rings (SSSR count). The quantitative estimate of drug-likeness (QED) is 0.488. The molecule has 9 heteroatoms. The third-order valence-corrected chi connectivity index (χ3v) is 4.71. The van der Waals surface area contributed by atoms with Gasteiger partial charge < -0.3 is 19.8 Å². The van der Waals surface area contributed by atoms with E-state index in [9.17, 15) is 0 Å². The summed E-state index contributed by atoms with van der Waals surface area (Å²) in [4.78, 5) is 11.2. The molecule has 0 radical (unpaired) electrons. The van der Waals surface area contributed by atoms with Crippen LogP contribution >= 0.6 is 0 Å². The zero-order valence-corrected chi connectivity index (χ0v) is 16.3. The number of H-pyrrole nitrogens is 1. The number of aromatic nitrogens is 3. The minimum atomic E-state index is 0.0320. The number of morpholine rings is 1. The third kappa shape index (κ3) is 5.30. The van der Waals surface area contributed by atoms with Gasteiger partial charge >= 0.3 is 0 Å². The van der Waals surface area contributed by atoms with E-state index in [0.29, 0.717) is 24.6 Å². The van der Waals surface area contributed by atoms with Crippen LogP contribution < -0.4 is 10.6 Å². The molecule has 0 aromatic carbocycles. The van der Waals surface area contributed by atoms with Crippen molar-refractivity contribution in [1.29, 1.82) is 0 Å². The molecule has 3 N–H and O–H groups in total. The summed E-state index contributed by atoms with van der Waals surface area (Å²) < 4.78 is 10.7. The Bertz CT molecular complexity index is 718. The van der Waals surface area contributed by atoms with E-state index in [2.05, 4.69) is 49.6 Å². The summed E-state index contributed by atoms with van der Waals surface area (Å²) in [6, 6.07) is 3.66. The minimum absolute atomic E-state index is 0.0320. The fourth-order valence-electron chi connectivity index (χ4n) is 3.02. The summed E-state index contributed by atoms with van der Waals surface area (Å²) >= 11 is 0. The maximum atomic E-state index is 5.44. The standard InChI is InChI=1S/C18H29N7O2/c1-18(2,25-8-11-26-12-9-25)13-21-17(19-3)20-7-6-15-22-16(24-23-15)14-5-4-10-27-14/h4-5,10H,6-9,11-13H2,1-3H3,(H2,19,20,21)(H,22,23,24). The van der Waals surface area contributed by atoms with Gasteiger partial charge in [-0.2, -0.15) is 5.10 Å². The Hall–Kier alpha value is -2.39. The molecule has 3 heterocycles. The van der Waals surface area contributed by atoms with Crippen LogP contribution in [-0.2, 0) is 11.2 Å². The van der Waals surface area contributed by atoms with E-state index in [0.717, 1.165) is 44.6 Å². The number of guanidine groups is 1. The summed E-state index contributed by atoms with van der Waals surface area (Å²) in [6.45, 7) is 9.50. The van der Waals surface area contributed by atoms with E-state index < -0.39 is 0 Å². The first-order chi connectivity index (χ1) is 13.1. The van der Waals surface area contributed by atoms with Crippen molar-refractivity contribution in [3.63, 3.8) is 0 Å². The van der Waals surface area contributed by atoms with Crippen molar-refractivity contribution in [3.8, 4) is 11.6 Å². The molecule has 0 atom stereocenters. The van der Waals surface area contributed by atoms with Crippen LogP contribution in [0, 0.1) is 0 Å². The Morgan fingerprint density at radius 2 is 2.15 bits per heavy atom. The smallest absolute Gasteiger partial charge is 0.216 e. The third-order valence-electron chi connectivity index (χ3n) is 4.71. The fourth-order valence-corrected chi connectivity index (χ4v) is 3.02. The van der Waals surface area contributed by atoms with E-state index >= 15 is 0 Å². The van der Waals surface area contributed by atoms with Gasteiger partial charge in [0.25, 0.3) is 0 Å². The van der Waals surface area contributed by atoms with Crippen LogP contribution in [0.3, 0.4) is 0 Å². The van der Waals surface area contributed by atoms with Gasteiger partial charge in [0.1, 0.15) is 5.82 Å². The highest BCUT2D eigenvalue weighted by Crippen LogP contribution is 2.15. The first-order valence-electron chi connectivity index (χ1n) is 9.31. The van der Waals surface area contributed by atoms with Crippen molar-refractivity contribution in [3.05, 3.63) is 24.2 Å². The number of ether oxygens (including phenoxy) is 1. The topological polar surface area (TPSA) is 104 Å². The fraction of sp³-hybridized carbons (Fsp3) is 0.611. The molecule has 2 aromatic heterocycles. The predicted molar refractivity (Wildman–Crippen MR) is 104 cm³/mol. The Morgan fingerprint density at radius 3 is 2.85 bits per heavy atom. The van der Waals surface area contributed by atoms with Gasteiger partial charge in [0, 0.05) is 45.2 Å². The van der Waals surface area contributed by atoms with Crippen molar-refractivity contribution < 1.29 is 9.15 Å². The van der Waals surface area contributed by atoms with E-state index in [-0.39, 0.29) is 5.54 Å². The van der Waals surface area contributed by atoms with Gasteiger partial charge in [-0.05, 0) is 26.0 Å². The second-order valence-electron chi connectivity index (χ2n) is 7.10. The summed E-state index contributed by atoms with van der Waals surface area (Å²) in [5, 5.41) is 13.9. The molecule has 9 nitrogen and oxygen atoms in total. The number of hydrogen-bond donors (Lipinski definition) is 3. The van der Waals surface area contributed by atoms with Gasteiger partial charge in [-0.25, -0.2) is 4.98 Å². The molecule has 1 saturated heterocycles. The largest absolute Gasteiger partial charge is 0.461 e. The SMILES string of the molecule is CN=C(NCCc1nc(-c2ccco2)n[nH]1)NCC(C)(C)N1CCOCC1. The van der Waals surface area contributed by atoms with E-state index in [1.807, 2.05) is 12.1 Å². The average molecular weight is 375 g/mol. The highest BCUT2D eigenvalue weighted by molar-refractivity contribution is 5.79. The number of aromatic amines is 1. The molecule has 0 aliphatic carbocycles. The number of furan rings is 1. The lowest BCUT2D eigenvalue weighted by Gasteiger charge is -2.41. The summed E-state index contributed by atoms with van der Waals surface area (Å²) in [7, 11) is 1.78. The predicted octanol–water partition coefficient (Wildman–Crippen LogP) is 0.883. The number of hydrogen-bond acceptors (Lipinski definition) is 6. The first kappa shape index (κ1) is 19.4. The molecular formula is C18H29N7O2. The molecule has 0 saturated carbocycles. The van der Waals surface area contributed by atoms with Gasteiger partial charge in [0.2, 0.25) is 5.82 Å². The minimum Gasteiger partial charge on any atom is -0.461 e. The van der Waals surface area contributed by atoms with Gasteiger partial charge in [-0.15, -0.1) is 0 Å². The highest BCUT2D eigenvalue weighted by Gasteiger charge is 2.28. The van der Waals surface area contributed by atoms with E-state index in [1.165, 1.54) is 0 Å². The van der Waals surface area contributed by atoms with Crippen LogP contribution in [0.4, 0.5) is 0 Å². The highest BCUT2D eigenvalue weighted by atomic mass is 16.5. The molecule has 2 aromatic rings. The van der Waals surface area contributed by atoms with Crippen LogP contribution in [0.15, 0.2) is 27.8 Å². The van der Waals surface area contributed by atoms with Crippen molar-refractivity contribution in [2.24, 2.45) is 4.99 Å². The molecule has 1 fully saturated rings. The lowest BCUT2D eigenvalue weighted by atomic mass is 10.0. The van der Waals surface area contributed by atoms with E-state index in [4.69, 9.17) is 9.15 Å². The lowest BCUT2D eigenvalue weighted by molar-refractivity contribution is -0.00833. The summed E-state index contributed by atoms with van der Waals surface area (Å²) in [5.74, 6) is 2.82. The second-order valence-corrected chi connectivity index (χ2v) is 7.10. The van der Waals surface area contributed by atoms with Crippen molar-refractivity contribution in [2.45, 2.75) is 25.8 Å². The summed E-state index contributed by atoms with van der Waals surface area (Å²) in [5.41, 5.74) is 0.0320. The molecule has 1 aliphatic heterocycles. The van der Waals surface area contributed by atoms with Gasteiger partial charge in [0.05, 0.1) is 19.5 Å². The number of nitrogens with zero attached hydrogens (tertiary/aromatic N) is 4. The van der Waals surface area contributed by atoms with Crippen LogP contribution in [0.5, 0.6) is 0 Å². The molecule has 148 valence electrons. The van der Waals surface area contributed by atoms with Crippen molar-refractivity contribution in [1.82, 2.24) is 30.7 Å². The molecule has 0 spiro atoms. The maximum absolute atomic E-state index is 5.44. The zero-order valence-electron chi connectivity index (χ0n) is 16.3. The Morgan fingerprint density at radius 1 is 1.33 bits per heavy atom. The molecule has 0 bridgehead atoms. The molecular weight excluding hydrogens is 346 g/mol. The Kier molecular flexibility index (Phi) is 6.46. The Balaban J connectivity index is 1.42. The average Bonchev–Trinajstić information content (AvgIpc) is 3.37. The number of rotatable bonds is 7. The zero-order chi connectivity index (χ0) is 19.1. The molecule has 1 aliphatic rings. The van der Waals surface area contributed by atoms with Gasteiger partial charge in [-0.1, -0.05) is 0 Å². The second kappa shape index (κ2) is 9.01. The van der Waals surface area contributed by atoms with Crippen LogP contribution in [0.2, 0.25) is 0 Å². The normalized spacial score (nSPS) is 16.5. The summed E-state index contributed by atoms with van der Waals surface area (Å²) in [6.07, 6.45) is 2.32. The van der Waals surface area contributed by atoms with Crippen molar-refractivity contribution in [2.75, 3.05) is 46.4 Å². The maximum Gasteiger partial charge on any atom is 0.216 e. The monoisotopic (exact) mass is 375 g/mol. The number of aliphatic imine (C=N–C) groups is 1. The first-order valence-corrected chi connectivity index (χ1v) is 9.31. The van der Waals surface area contributed by atoms with Crippen LogP contribution in [-0.4, -0.2) is 78.0 Å². The van der Waals surface area contributed by atoms with Crippen molar-refractivity contribution >= 4 is 5.96 Å². The van der Waals surface area contributed by atoms with Gasteiger partial charge in [-0.3, -0.25) is 15.0 Å². The van der Waals surface area contributed by atoms with Crippen LogP contribution in [0.25, 0.3) is 11.6 Å². The van der Waals surface area contributed by atoms with E-state index in [1.54, 1.807) is 13.3 Å². The molecule has 0 amide bonds. The number of nitrogens with one attached hydrogen (secondary N) is 3. The Labute approximate surface area is 159 Å². The van der Waals surface area contributed by atoms with Gasteiger partial charge in [0.15, 0.2) is 11.7 Å². The lowest BCUT2D eigenvalue weighted by Crippen LogP contribution is -2.56.